The molecule has 0 unspecified atom stereocenters. The molecular formula is C16H24N2O4S. The number of anilines is 1. The first-order valence-corrected chi connectivity index (χ1v) is 9.28. The van der Waals surface area contributed by atoms with Gasteiger partial charge in [-0.3, -0.25) is 9.59 Å². The quantitative estimate of drug-likeness (QED) is 0.697. The van der Waals surface area contributed by atoms with Crippen molar-refractivity contribution in [3.8, 4) is 0 Å². The molecule has 1 aromatic rings. The second kappa shape index (κ2) is 8.79. The first kappa shape index (κ1) is 19.3. The van der Waals surface area contributed by atoms with E-state index in [0.717, 1.165) is 6.42 Å². The molecule has 1 N–H and O–H groups in total. The summed E-state index contributed by atoms with van der Waals surface area (Å²) in [6.07, 6.45) is 1.42. The molecule has 0 saturated carbocycles. The van der Waals surface area contributed by atoms with Crippen molar-refractivity contribution in [1.29, 1.82) is 0 Å². The zero-order chi connectivity index (χ0) is 17.5. The van der Waals surface area contributed by atoms with Crippen molar-refractivity contribution in [2.24, 2.45) is 0 Å². The van der Waals surface area contributed by atoms with Crippen LogP contribution < -0.4 is 9.62 Å². The highest BCUT2D eigenvalue weighted by atomic mass is 32.2. The summed E-state index contributed by atoms with van der Waals surface area (Å²) in [4.78, 5) is 24.5. The molecule has 0 atom stereocenters. The monoisotopic (exact) mass is 340 g/mol. The molecule has 0 bridgehead atoms. The van der Waals surface area contributed by atoms with Crippen LogP contribution in [0.4, 0.5) is 5.69 Å². The smallest absolute Gasteiger partial charge is 0.223 e. The number of nitrogens with one attached hydrogen (secondary N) is 1. The maximum absolute atomic E-state index is 11.8. The molecule has 7 heteroatoms. The largest absolute Gasteiger partial charge is 0.311 e. The molecule has 0 heterocycles. The molecule has 1 rings (SSSR count). The van der Waals surface area contributed by atoms with E-state index in [2.05, 4.69) is 4.72 Å². The summed E-state index contributed by atoms with van der Waals surface area (Å²) in [6.45, 7) is 5.21. The zero-order valence-corrected chi connectivity index (χ0v) is 14.6. The molecule has 1 aromatic carbocycles. The van der Waals surface area contributed by atoms with Crippen LogP contribution in [0.2, 0.25) is 0 Å². The summed E-state index contributed by atoms with van der Waals surface area (Å²) >= 11 is 0. The number of rotatable bonds is 9. The van der Waals surface area contributed by atoms with Crippen molar-refractivity contribution >= 4 is 27.4 Å². The fraction of sp³-hybridized carbons (Fsp3) is 0.500. The standard InChI is InChI=1S/C16H24N2O4S/c1-4-5-12-23(21,22)17-10-11-18(14(3)20)16-8-6-15(7-9-16)13(2)19/h6-9,17H,4-5,10-12H2,1-3H3. The Bertz CT molecular complexity index is 639. The molecular weight excluding hydrogens is 316 g/mol. The zero-order valence-electron chi connectivity index (χ0n) is 13.8. The summed E-state index contributed by atoms with van der Waals surface area (Å²) < 4.78 is 26.0. The van der Waals surface area contributed by atoms with Gasteiger partial charge in [0.25, 0.3) is 0 Å². The predicted octanol–water partition coefficient (Wildman–Crippen LogP) is 1.96. The molecule has 0 aliphatic heterocycles. The van der Waals surface area contributed by atoms with Crippen LogP contribution in [0.25, 0.3) is 0 Å². The third-order valence-corrected chi connectivity index (χ3v) is 4.86. The maximum atomic E-state index is 11.8. The highest BCUT2D eigenvalue weighted by Crippen LogP contribution is 2.15. The first-order valence-electron chi connectivity index (χ1n) is 7.63. The Morgan fingerprint density at radius 3 is 2.22 bits per heavy atom. The molecule has 1 amide bonds. The Morgan fingerprint density at radius 2 is 1.74 bits per heavy atom. The number of carbonyl (C=O) groups excluding carboxylic acids is 2. The van der Waals surface area contributed by atoms with Gasteiger partial charge < -0.3 is 4.90 Å². The minimum absolute atomic E-state index is 0.0467. The summed E-state index contributed by atoms with van der Waals surface area (Å²) in [5.41, 5.74) is 1.20. The van der Waals surface area contributed by atoms with Crippen LogP contribution in [-0.2, 0) is 14.8 Å². The van der Waals surface area contributed by atoms with Gasteiger partial charge in [0.1, 0.15) is 0 Å². The fourth-order valence-corrected chi connectivity index (χ4v) is 3.28. The lowest BCUT2D eigenvalue weighted by atomic mass is 10.1. The van der Waals surface area contributed by atoms with Gasteiger partial charge in [-0.1, -0.05) is 13.3 Å². The molecule has 0 aromatic heterocycles. The highest BCUT2D eigenvalue weighted by Gasteiger charge is 2.14. The van der Waals surface area contributed by atoms with Crippen molar-refractivity contribution in [3.05, 3.63) is 29.8 Å². The number of amides is 1. The molecule has 0 fully saturated rings. The van der Waals surface area contributed by atoms with Crippen molar-refractivity contribution in [2.45, 2.75) is 33.6 Å². The van der Waals surface area contributed by atoms with Gasteiger partial charge in [-0.05, 0) is 37.6 Å². The van der Waals surface area contributed by atoms with Crippen LogP contribution in [0.3, 0.4) is 0 Å². The molecule has 23 heavy (non-hydrogen) atoms. The Balaban J connectivity index is 2.69. The van der Waals surface area contributed by atoms with Gasteiger partial charge in [0.2, 0.25) is 15.9 Å². The van der Waals surface area contributed by atoms with Crippen LogP contribution >= 0.6 is 0 Å². The van der Waals surface area contributed by atoms with Crippen LogP contribution in [0, 0.1) is 0 Å². The first-order chi connectivity index (χ1) is 10.8. The van der Waals surface area contributed by atoms with Crippen LogP contribution in [0.5, 0.6) is 0 Å². The van der Waals surface area contributed by atoms with Crippen LogP contribution in [-0.4, -0.2) is 39.0 Å². The maximum Gasteiger partial charge on any atom is 0.223 e. The van der Waals surface area contributed by atoms with E-state index in [9.17, 15) is 18.0 Å². The number of sulfonamides is 1. The number of hydrogen-bond donors (Lipinski definition) is 1. The summed E-state index contributed by atoms with van der Waals surface area (Å²) in [6, 6.07) is 6.67. The van der Waals surface area contributed by atoms with Gasteiger partial charge >= 0.3 is 0 Å². The SMILES string of the molecule is CCCCS(=O)(=O)NCCN(C(C)=O)c1ccc(C(C)=O)cc1. The number of ketones is 1. The average molecular weight is 340 g/mol. The van der Waals surface area contributed by atoms with Gasteiger partial charge in [0.05, 0.1) is 5.75 Å². The molecule has 0 aliphatic rings. The third kappa shape index (κ3) is 6.50. The van der Waals surface area contributed by atoms with Crippen LogP contribution in [0.1, 0.15) is 44.0 Å². The van der Waals surface area contributed by atoms with E-state index in [-0.39, 0.29) is 30.5 Å². The van der Waals surface area contributed by atoms with Crippen molar-refractivity contribution in [2.75, 3.05) is 23.7 Å². The fourth-order valence-electron chi connectivity index (χ4n) is 2.06. The lowest BCUT2D eigenvalue weighted by molar-refractivity contribution is -0.116. The number of Topliss-reactive ketones (excluding diaryl/α,β-unsaturated/α-hetero) is 1. The topological polar surface area (TPSA) is 83.6 Å². The molecule has 0 spiro atoms. The number of unbranched alkanes of at least 4 members (excludes halogenated alkanes) is 1. The summed E-state index contributed by atoms with van der Waals surface area (Å²) in [5.74, 6) is -0.139. The second-order valence-corrected chi connectivity index (χ2v) is 7.27. The molecule has 0 radical (unpaired) electrons. The van der Waals surface area contributed by atoms with Gasteiger partial charge in [0.15, 0.2) is 5.78 Å². The van der Waals surface area contributed by atoms with Crippen LogP contribution in [0.15, 0.2) is 24.3 Å². The molecule has 0 saturated heterocycles. The Kier molecular flexibility index (Phi) is 7.38. The Hall–Kier alpha value is -1.73. The third-order valence-electron chi connectivity index (χ3n) is 3.39. The van der Waals surface area contributed by atoms with E-state index >= 15 is 0 Å². The van der Waals surface area contributed by atoms with E-state index < -0.39 is 10.0 Å². The summed E-state index contributed by atoms with van der Waals surface area (Å²) in [7, 11) is -3.30. The van der Waals surface area contributed by atoms with Gasteiger partial charge in [0, 0.05) is 31.3 Å². The van der Waals surface area contributed by atoms with E-state index in [4.69, 9.17) is 0 Å². The van der Waals surface area contributed by atoms with E-state index in [1.54, 1.807) is 24.3 Å². The minimum Gasteiger partial charge on any atom is -0.311 e. The van der Waals surface area contributed by atoms with Gasteiger partial charge in [-0.2, -0.15) is 0 Å². The number of carbonyl (C=O) groups is 2. The lowest BCUT2D eigenvalue weighted by Gasteiger charge is -2.21. The van der Waals surface area contributed by atoms with Crippen molar-refractivity contribution in [3.63, 3.8) is 0 Å². The highest BCUT2D eigenvalue weighted by molar-refractivity contribution is 7.89. The summed E-state index contributed by atoms with van der Waals surface area (Å²) in [5, 5.41) is 0. The lowest BCUT2D eigenvalue weighted by Crippen LogP contribution is -2.38. The van der Waals surface area contributed by atoms with Crippen molar-refractivity contribution in [1.82, 2.24) is 4.72 Å². The number of benzene rings is 1. The Morgan fingerprint density at radius 1 is 1.13 bits per heavy atom. The second-order valence-electron chi connectivity index (χ2n) is 5.34. The molecule has 128 valence electrons. The van der Waals surface area contributed by atoms with E-state index in [1.165, 1.54) is 18.7 Å². The number of nitrogens with zero attached hydrogens (tertiary/aromatic N) is 1. The average Bonchev–Trinajstić information content (AvgIpc) is 2.49. The van der Waals surface area contributed by atoms with Crippen molar-refractivity contribution < 1.29 is 18.0 Å². The van der Waals surface area contributed by atoms with E-state index in [1.807, 2.05) is 6.92 Å². The van der Waals surface area contributed by atoms with E-state index in [0.29, 0.717) is 17.7 Å². The number of hydrogen-bond acceptors (Lipinski definition) is 4. The van der Waals surface area contributed by atoms with Gasteiger partial charge in [-0.25, -0.2) is 13.1 Å². The molecule has 0 aliphatic carbocycles. The van der Waals surface area contributed by atoms with Gasteiger partial charge in [-0.15, -0.1) is 0 Å². The molecule has 6 nitrogen and oxygen atoms in total. The Labute approximate surface area is 137 Å². The normalized spacial score (nSPS) is 11.3. The minimum atomic E-state index is -3.30. The predicted molar refractivity (Wildman–Crippen MR) is 91.2 cm³/mol.